The molecule has 1 fully saturated rings. The van der Waals surface area contributed by atoms with Crippen LogP contribution in [0, 0.1) is 5.82 Å². The number of hydrogen-bond acceptors (Lipinski definition) is 4. The minimum atomic E-state index is -0.550. The number of hydrogen-bond donors (Lipinski definition) is 2. The Labute approximate surface area is 182 Å². The van der Waals surface area contributed by atoms with Crippen molar-refractivity contribution in [1.82, 2.24) is 0 Å². The molecule has 2 N–H and O–H groups in total. The molecule has 0 spiro atoms. The van der Waals surface area contributed by atoms with E-state index in [1.807, 2.05) is 66.7 Å². The highest BCUT2D eigenvalue weighted by Gasteiger charge is 2.23. The monoisotopic (exact) mass is 423 g/mol. The predicted molar refractivity (Wildman–Crippen MR) is 119 cm³/mol. The summed E-state index contributed by atoms with van der Waals surface area (Å²) in [6.45, 7) is 4.49. The second-order valence-corrected chi connectivity index (χ2v) is 7.77. The quantitative estimate of drug-likeness (QED) is 0.585. The fourth-order valence-electron chi connectivity index (χ4n) is 3.77. The van der Waals surface area contributed by atoms with E-state index in [1.165, 1.54) is 17.0 Å². The number of ether oxygens (including phenoxy) is 2. The van der Waals surface area contributed by atoms with E-state index in [0.717, 1.165) is 37.6 Å². The summed E-state index contributed by atoms with van der Waals surface area (Å²) in [4.78, 5) is 3.60. The summed E-state index contributed by atoms with van der Waals surface area (Å²) in [6, 6.07) is 23.7. The van der Waals surface area contributed by atoms with Crippen LogP contribution in [0.4, 0.5) is 10.1 Å². The Bertz CT molecular complexity index is 944. The van der Waals surface area contributed by atoms with Crippen molar-refractivity contribution in [3.8, 4) is 17.2 Å². The van der Waals surface area contributed by atoms with Gasteiger partial charge in [-0.25, -0.2) is 4.39 Å². The van der Waals surface area contributed by atoms with E-state index in [9.17, 15) is 9.50 Å². The van der Waals surface area contributed by atoms with Gasteiger partial charge < -0.3 is 24.4 Å². The van der Waals surface area contributed by atoms with Gasteiger partial charge >= 0.3 is 0 Å². The lowest BCUT2D eigenvalue weighted by Crippen LogP contribution is -3.16. The van der Waals surface area contributed by atoms with Gasteiger partial charge in [-0.3, -0.25) is 0 Å². The first-order chi connectivity index (χ1) is 15.2. The van der Waals surface area contributed by atoms with E-state index in [2.05, 4.69) is 4.90 Å². The Morgan fingerprint density at radius 2 is 1.55 bits per heavy atom. The lowest BCUT2D eigenvalue weighted by Gasteiger charge is -2.34. The standard InChI is InChI=1S/C25H27FN2O3/c26-20-9-11-21(12-10-20)28-15-13-27(14-16-28)18-22(29)19-30-24-7-4-8-25(17-24)31-23-5-2-1-3-6-23/h1-12,17,22,29H,13-16,18-19H2/p+1/t22-/m0/s1. The molecular formula is C25H28FN2O3+. The van der Waals surface area contributed by atoms with Crippen molar-refractivity contribution < 1.29 is 23.9 Å². The molecular weight excluding hydrogens is 395 g/mol. The Kier molecular flexibility index (Phi) is 7.02. The highest BCUT2D eigenvalue weighted by atomic mass is 19.1. The number of halogens is 1. The third-order valence-corrected chi connectivity index (χ3v) is 5.41. The summed E-state index contributed by atoms with van der Waals surface area (Å²) in [7, 11) is 0. The van der Waals surface area contributed by atoms with Crippen molar-refractivity contribution in [2.45, 2.75) is 6.10 Å². The SMILES string of the molecule is O[C@H](COc1cccc(Oc2ccccc2)c1)C[NH+]1CCN(c2ccc(F)cc2)CC1. The molecule has 3 aromatic carbocycles. The number of rotatable bonds is 8. The molecule has 1 saturated heterocycles. The lowest BCUT2D eigenvalue weighted by atomic mass is 10.2. The van der Waals surface area contributed by atoms with Gasteiger partial charge in [0.15, 0.2) is 0 Å². The first-order valence-corrected chi connectivity index (χ1v) is 10.6. The van der Waals surface area contributed by atoms with E-state index < -0.39 is 6.10 Å². The Morgan fingerprint density at radius 1 is 0.871 bits per heavy atom. The number of aliphatic hydroxyl groups is 1. The second-order valence-electron chi connectivity index (χ2n) is 7.77. The zero-order valence-corrected chi connectivity index (χ0v) is 17.4. The molecule has 0 aromatic heterocycles. The lowest BCUT2D eigenvalue weighted by molar-refractivity contribution is -0.903. The van der Waals surface area contributed by atoms with Crippen molar-refractivity contribution in [3.63, 3.8) is 0 Å². The number of anilines is 1. The Hall–Kier alpha value is -3.09. The molecule has 0 aliphatic carbocycles. The molecule has 0 radical (unpaired) electrons. The van der Waals surface area contributed by atoms with Gasteiger partial charge in [-0.1, -0.05) is 24.3 Å². The average molecular weight is 424 g/mol. The number of quaternary nitrogens is 1. The molecule has 31 heavy (non-hydrogen) atoms. The van der Waals surface area contributed by atoms with Crippen LogP contribution in [0.2, 0.25) is 0 Å². The van der Waals surface area contributed by atoms with E-state index in [-0.39, 0.29) is 12.4 Å². The molecule has 5 nitrogen and oxygen atoms in total. The molecule has 0 unspecified atom stereocenters. The summed E-state index contributed by atoms with van der Waals surface area (Å²) in [5, 5.41) is 10.4. The summed E-state index contributed by atoms with van der Waals surface area (Å²) >= 11 is 0. The molecule has 0 amide bonds. The van der Waals surface area contributed by atoms with Crippen molar-refractivity contribution >= 4 is 5.69 Å². The molecule has 1 heterocycles. The van der Waals surface area contributed by atoms with Gasteiger partial charge in [0.25, 0.3) is 0 Å². The molecule has 1 aliphatic heterocycles. The number of para-hydroxylation sites is 1. The highest BCUT2D eigenvalue weighted by molar-refractivity contribution is 5.46. The first kappa shape index (κ1) is 21.2. The third-order valence-electron chi connectivity index (χ3n) is 5.41. The molecule has 6 heteroatoms. The van der Waals surface area contributed by atoms with Crippen LogP contribution >= 0.6 is 0 Å². The van der Waals surface area contributed by atoms with E-state index in [1.54, 1.807) is 0 Å². The van der Waals surface area contributed by atoms with Crippen LogP contribution < -0.4 is 19.3 Å². The van der Waals surface area contributed by atoms with Gasteiger partial charge in [0.1, 0.15) is 42.3 Å². The van der Waals surface area contributed by atoms with Crippen molar-refractivity contribution in [1.29, 1.82) is 0 Å². The number of nitrogens with one attached hydrogen (secondary N) is 1. The van der Waals surface area contributed by atoms with Crippen LogP contribution in [0.15, 0.2) is 78.9 Å². The summed E-state index contributed by atoms with van der Waals surface area (Å²) < 4.78 is 24.7. The largest absolute Gasteiger partial charge is 0.491 e. The fraction of sp³-hybridized carbons (Fsp3) is 0.280. The Morgan fingerprint density at radius 3 is 2.29 bits per heavy atom. The second kappa shape index (κ2) is 10.3. The minimum absolute atomic E-state index is 0.215. The van der Waals surface area contributed by atoms with E-state index in [4.69, 9.17) is 9.47 Å². The topological polar surface area (TPSA) is 46.4 Å². The Balaban J connectivity index is 1.21. The van der Waals surface area contributed by atoms with Crippen molar-refractivity contribution in [3.05, 3.63) is 84.7 Å². The van der Waals surface area contributed by atoms with Gasteiger partial charge in [-0.05, 0) is 48.5 Å². The maximum Gasteiger partial charge on any atom is 0.137 e. The highest BCUT2D eigenvalue weighted by Crippen LogP contribution is 2.25. The summed E-state index contributed by atoms with van der Waals surface area (Å²) in [6.07, 6.45) is -0.550. The van der Waals surface area contributed by atoms with Gasteiger partial charge in [0.2, 0.25) is 0 Å². The maximum absolute atomic E-state index is 13.1. The van der Waals surface area contributed by atoms with Crippen LogP contribution in [0.3, 0.4) is 0 Å². The van der Waals surface area contributed by atoms with E-state index in [0.29, 0.717) is 18.0 Å². The smallest absolute Gasteiger partial charge is 0.137 e. The summed E-state index contributed by atoms with van der Waals surface area (Å²) in [5.74, 6) is 1.92. The first-order valence-electron chi connectivity index (χ1n) is 10.6. The van der Waals surface area contributed by atoms with Crippen LogP contribution in [0.25, 0.3) is 0 Å². The zero-order chi connectivity index (χ0) is 21.5. The van der Waals surface area contributed by atoms with E-state index >= 15 is 0 Å². The third kappa shape index (κ3) is 6.20. The van der Waals surface area contributed by atoms with Crippen LogP contribution in [-0.2, 0) is 0 Å². The number of piperazine rings is 1. The molecule has 0 bridgehead atoms. The van der Waals surface area contributed by atoms with Crippen LogP contribution in [0.5, 0.6) is 17.2 Å². The fourth-order valence-corrected chi connectivity index (χ4v) is 3.77. The molecule has 3 aromatic rings. The van der Waals surface area contributed by atoms with Crippen molar-refractivity contribution in [2.75, 3.05) is 44.2 Å². The maximum atomic E-state index is 13.1. The van der Waals surface area contributed by atoms with Crippen LogP contribution in [-0.4, -0.2) is 50.5 Å². The average Bonchev–Trinajstić information content (AvgIpc) is 2.80. The zero-order valence-electron chi connectivity index (χ0n) is 17.4. The number of nitrogens with zero attached hydrogens (tertiary/aromatic N) is 1. The molecule has 4 rings (SSSR count). The number of aliphatic hydroxyl groups excluding tert-OH is 1. The number of benzene rings is 3. The van der Waals surface area contributed by atoms with Gasteiger partial charge in [0, 0.05) is 11.8 Å². The minimum Gasteiger partial charge on any atom is -0.491 e. The predicted octanol–water partition coefficient (Wildman–Crippen LogP) is 2.76. The molecule has 162 valence electrons. The van der Waals surface area contributed by atoms with Crippen LogP contribution in [0.1, 0.15) is 0 Å². The summed E-state index contributed by atoms with van der Waals surface area (Å²) in [5.41, 5.74) is 1.04. The molecule has 1 aliphatic rings. The van der Waals surface area contributed by atoms with Gasteiger partial charge in [0.05, 0.1) is 26.2 Å². The van der Waals surface area contributed by atoms with Gasteiger partial charge in [-0.2, -0.15) is 0 Å². The molecule has 1 atom stereocenters. The normalized spacial score (nSPS) is 15.5. The van der Waals surface area contributed by atoms with Crippen molar-refractivity contribution in [2.24, 2.45) is 0 Å². The van der Waals surface area contributed by atoms with Gasteiger partial charge in [-0.15, -0.1) is 0 Å². The molecule has 0 saturated carbocycles.